The summed E-state index contributed by atoms with van der Waals surface area (Å²) in [4.78, 5) is 0. The van der Waals surface area contributed by atoms with Gasteiger partial charge in [0.1, 0.15) is 12.4 Å². The van der Waals surface area contributed by atoms with Gasteiger partial charge in [0.15, 0.2) is 0 Å². The van der Waals surface area contributed by atoms with Crippen molar-refractivity contribution in [2.45, 2.75) is 32.1 Å². The predicted molar refractivity (Wildman–Crippen MR) is 71.5 cm³/mol. The van der Waals surface area contributed by atoms with E-state index < -0.39 is 12.5 Å². The van der Waals surface area contributed by atoms with Gasteiger partial charge < -0.3 is 9.47 Å². The molecule has 4 heteroatoms. The molecule has 0 heterocycles. The summed E-state index contributed by atoms with van der Waals surface area (Å²) in [5, 5.41) is 0. The number of hydrogen-bond acceptors (Lipinski definition) is 2. The first-order valence-corrected chi connectivity index (χ1v) is 6.48. The summed E-state index contributed by atoms with van der Waals surface area (Å²) < 4.78 is 37.7. The molecule has 0 aliphatic rings. The fourth-order valence-electron chi connectivity index (χ4n) is 1.69. The summed E-state index contributed by atoms with van der Waals surface area (Å²) in [6.07, 6.45) is 4.83. The van der Waals surface area contributed by atoms with E-state index in [1.54, 1.807) is 12.1 Å². The average molecular weight is 271 g/mol. The van der Waals surface area contributed by atoms with Gasteiger partial charge in [0.2, 0.25) is 0 Å². The first kappa shape index (κ1) is 15.9. The summed E-state index contributed by atoms with van der Waals surface area (Å²) >= 11 is 0. The standard InChI is InChI=1S/C15H21F2O2/c1-3-4-5-6-10-19-12-15(16,17)13-8-7-9-14(11-13)18-2/h3,7-9,11H,4-6,10,12H2,1-2H3. The quantitative estimate of drug-likeness (QED) is 0.627. The molecule has 0 saturated carbocycles. The Labute approximate surface area is 113 Å². The molecule has 1 radical (unpaired) electrons. The molecular formula is C15H21F2O2. The van der Waals surface area contributed by atoms with E-state index in [0.29, 0.717) is 12.4 Å². The van der Waals surface area contributed by atoms with Crippen LogP contribution in [0, 0.1) is 6.42 Å². The summed E-state index contributed by atoms with van der Waals surface area (Å²) in [6.45, 7) is 1.77. The molecule has 0 atom stereocenters. The van der Waals surface area contributed by atoms with Gasteiger partial charge in [-0.2, -0.15) is 8.78 Å². The Kier molecular flexibility index (Phi) is 6.78. The fraction of sp³-hybridized carbons (Fsp3) is 0.533. The van der Waals surface area contributed by atoms with Gasteiger partial charge in [-0.25, -0.2) is 0 Å². The summed E-state index contributed by atoms with van der Waals surface area (Å²) in [7, 11) is 1.46. The van der Waals surface area contributed by atoms with Crippen molar-refractivity contribution in [3.63, 3.8) is 0 Å². The molecule has 19 heavy (non-hydrogen) atoms. The maximum atomic E-state index is 13.9. The van der Waals surface area contributed by atoms with E-state index in [1.165, 1.54) is 19.2 Å². The zero-order valence-electron chi connectivity index (χ0n) is 11.5. The molecule has 2 nitrogen and oxygen atoms in total. The molecule has 0 aliphatic heterocycles. The van der Waals surface area contributed by atoms with Crippen LogP contribution < -0.4 is 4.74 Å². The molecule has 0 bridgehead atoms. The highest BCUT2D eigenvalue weighted by molar-refractivity contribution is 5.31. The van der Waals surface area contributed by atoms with E-state index >= 15 is 0 Å². The molecule has 0 unspecified atom stereocenters. The first-order chi connectivity index (χ1) is 9.10. The monoisotopic (exact) mass is 271 g/mol. The van der Waals surface area contributed by atoms with Crippen molar-refractivity contribution >= 4 is 0 Å². The maximum Gasteiger partial charge on any atom is 0.296 e. The van der Waals surface area contributed by atoms with Crippen LogP contribution in [0.3, 0.4) is 0 Å². The van der Waals surface area contributed by atoms with Crippen molar-refractivity contribution in [2.24, 2.45) is 0 Å². The van der Waals surface area contributed by atoms with E-state index in [1.807, 2.05) is 6.92 Å². The molecule has 0 aromatic heterocycles. The minimum absolute atomic E-state index is 0.0752. The predicted octanol–water partition coefficient (Wildman–Crippen LogP) is 4.20. The Morgan fingerprint density at radius 1 is 1.26 bits per heavy atom. The Morgan fingerprint density at radius 3 is 2.74 bits per heavy atom. The van der Waals surface area contributed by atoms with E-state index in [-0.39, 0.29) is 5.56 Å². The largest absolute Gasteiger partial charge is 0.497 e. The average Bonchev–Trinajstić information content (AvgIpc) is 2.43. The molecule has 0 aliphatic carbocycles. The Balaban J connectivity index is 2.41. The summed E-state index contributed by atoms with van der Waals surface area (Å²) in [6, 6.07) is 5.92. The van der Waals surface area contributed by atoms with Crippen LogP contribution in [0.5, 0.6) is 5.75 Å². The lowest BCUT2D eigenvalue weighted by molar-refractivity contribution is -0.0831. The minimum atomic E-state index is -2.98. The van der Waals surface area contributed by atoms with Crippen LogP contribution in [0.25, 0.3) is 0 Å². The third-order valence-electron chi connectivity index (χ3n) is 2.81. The lowest BCUT2D eigenvalue weighted by Gasteiger charge is -2.17. The van der Waals surface area contributed by atoms with E-state index in [2.05, 4.69) is 6.42 Å². The number of methoxy groups -OCH3 is 1. The van der Waals surface area contributed by atoms with Gasteiger partial charge in [-0.15, -0.1) is 0 Å². The number of hydrogen-bond donors (Lipinski definition) is 0. The summed E-state index contributed by atoms with van der Waals surface area (Å²) in [5.41, 5.74) is -0.0752. The third kappa shape index (κ3) is 5.55. The normalized spacial score (nSPS) is 11.6. The molecule has 107 valence electrons. The highest BCUT2D eigenvalue weighted by Crippen LogP contribution is 2.30. The second-order valence-corrected chi connectivity index (χ2v) is 4.39. The Morgan fingerprint density at radius 2 is 2.05 bits per heavy atom. The van der Waals surface area contributed by atoms with Crippen LogP contribution in [0.15, 0.2) is 24.3 Å². The van der Waals surface area contributed by atoms with Gasteiger partial charge in [0.25, 0.3) is 5.92 Å². The molecule has 0 amide bonds. The zero-order chi connectivity index (χ0) is 14.1. The van der Waals surface area contributed by atoms with E-state index in [4.69, 9.17) is 9.47 Å². The molecule has 0 N–H and O–H groups in total. The van der Waals surface area contributed by atoms with Crippen LogP contribution in [-0.2, 0) is 10.7 Å². The number of ether oxygens (including phenoxy) is 2. The first-order valence-electron chi connectivity index (χ1n) is 6.48. The molecule has 1 rings (SSSR count). The SMILES string of the molecule is C[CH]CCCCOCC(F)(F)c1cccc(OC)c1. The molecule has 1 aromatic rings. The van der Waals surface area contributed by atoms with Gasteiger partial charge >= 0.3 is 0 Å². The van der Waals surface area contributed by atoms with Gasteiger partial charge in [-0.05, 0) is 25.0 Å². The van der Waals surface area contributed by atoms with Crippen LogP contribution in [0.4, 0.5) is 8.78 Å². The van der Waals surface area contributed by atoms with Crippen LogP contribution in [0.1, 0.15) is 31.7 Å². The van der Waals surface area contributed by atoms with Crippen molar-refractivity contribution < 1.29 is 18.3 Å². The number of halogens is 2. The molecule has 0 saturated heterocycles. The maximum absolute atomic E-state index is 13.9. The topological polar surface area (TPSA) is 18.5 Å². The zero-order valence-corrected chi connectivity index (χ0v) is 11.5. The van der Waals surface area contributed by atoms with Gasteiger partial charge in [-0.1, -0.05) is 31.9 Å². The van der Waals surface area contributed by atoms with Crippen LogP contribution in [0.2, 0.25) is 0 Å². The highest BCUT2D eigenvalue weighted by Gasteiger charge is 2.32. The van der Waals surface area contributed by atoms with Gasteiger partial charge in [-0.3, -0.25) is 0 Å². The Hall–Kier alpha value is -1.16. The second kappa shape index (κ2) is 8.10. The lowest BCUT2D eigenvalue weighted by Crippen LogP contribution is -2.21. The van der Waals surface area contributed by atoms with Crippen molar-refractivity contribution in [1.82, 2.24) is 0 Å². The number of unbranched alkanes of at least 4 members (excludes halogenated alkanes) is 3. The molecule has 0 spiro atoms. The van der Waals surface area contributed by atoms with Crippen molar-refractivity contribution in [2.75, 3.05) is 20.3 Å². The van der Waals surface area contributed by atoms with Gasteiger partial charge in [0, 0.05) is 12.2 Å². The number of alkyl halides is 2. The van der Waals surface area contributed by atoms with E-state index in [9.17, 15) is 8.78 Å². The third-order valence-corrected chi connectivity index (χ3v) is 2.81. The summed E-state index contributed by atoms with van der Waals surface area (Å²) in [5.74, 6) is -2.55. The smallest absolute Gasteiger partial charge is 0.296 e. The van der Waals surface area contributed by atoms with E-state index in [0.717, 1.165) is 19.3 Å². The van der Waals surface area contributed by atoms with Gasteiger partial charge in [0.05, 0.1) is 7.11 Å². The minimum Gasteiger partial charge on any atom is -0.497 e. The van der Waals surface area contributed by atoms with Crippen molar-refractivity contribution in [3.05, 3.63) is 36.2 Å². The second-order valence-electron chi connectivity index (χ2n) is 4.39. The Bertz CT molecular complexity index is 367. The van der Waals surface area contributed by atoms with Crippen LogP contribution in [-0.4, -0.2) is 20.3 Å². The molecule has 0 fully saturated rings. The lowest BCUT2D eigenvalue weighted by atomic mass is 10.1. The number of rotatable bonds is 9. The molecule has 1 aromatic carbocycles. The fourth-order valence-corrected chi connectivity index (χ4v) is 1.69. The van der Waals surface area contributed by atoms with Crippen LogP contribution >= 0.6 is 0 Å². The van der Waals surface area contributed by atoms with Crippen molar-refractivity contribution in [3.8, 4) is 5.75 Å². The highest BCUT2D eigenvalue weighted by atomic mass is 19.3. The number of benzene rings is 1. The molecular weight excluding hydrogens is 250 g/mol. The van der Waals surface area contributed by atoms with Crippen molar-refractivity contribution in [1.29, 1.82) is 0 Å².